The van der Waals surface area contributed by atoms with E-state index in [2.05, 4.69) is 15.0 Å². The Morgan fingerprint density at radius 3 is 1.92 bits per heavy atom. The molecule has 3 aliphatic heterocycles. The molecule has 1 unspecified atom stereocenters. The van der Waals surface area contributed by atoms with E-state index in [1.54, 1.807) is 0 Å². The van der Waals surface area contributed by atoms with Gasteiger partial charge < -0.3 is 101 Å². The zero-order valence-electron chi connectivity index (χ0n) is 34.8. The molecule has 346 valence electrons. The average molecular weight is 972 g/mol. The number of ether oxygens (including phenoxy) is 4. The number of carbonyl (C=O) groups excluding carboxylic acids is 1. The van der Waals surface area contributed by atoms with E-state index < -0.39 is 167 Å². The van der Waals surface area contributed by atoms with Gasteiger partial charge >= 0.3 is 108 Å². The van der Waals surface area contributed by atoms with E-state index in [0.717, 1.165) is 30.7 Å². The van der Waals surface area contributed by atoms with Crippen LogP contribution in [0.2, 0.25) is 0 Å². The van der Waals surface area contributed by atoms with E-state index in [1.165, 1.54) is 0 Å². The minimum absolute atomic E-state index is 0. The summed E-state index contributed by atoms with van der Waals surface area (Å²) >= 11 is 0. The number of aliphatic hydroxyl groups is 9. The molecule has 33 heteroatoms. The number of rotatable bonds is 18. The number of carboxylic acid groups (broad SMARTS) is 2. The summed E-state index contributed by atoms with van der Waals surface area (Å²) in [5.41, 5.74) is 4.42. The number of phosphoric acid groups is 1. The maximum absolute atomic E-state index is 13.3. The van der Waals surface area contributed by atoms with Crippen LogP contribution in [0.25, 0.3) is 0 Å². The van der Waals surface area contributed by atoms with Crippen molar-refractivity contribution < 1.29 is 202 Å². The van der Waals surface area contributed by atoms with Crippen LogP contribution in [-0.2, 0) is 42.1 Å². The first-order chi connectivity index (χ1) is 28.3. The molecule has 0 radical (unpaired) electrons. The first-order valence-corrected chi connectivity index (χ1v) is 19.4. The van der Waals surface area contributed by atoms with Crippen LogP contribution in [0.5, 0.6) is 0 Å². The molecule has 1 aromatic heterocycles. The number of carbonyl (C=O) groups is 2. The van der Waals surface area contributed by atoms with Gasteiger partial charge in [0.25, 0.3) is 5.79 Å². The predicted octanol–water partition coefficient (Wildman–Crippen LogP) is -19.1. The molecule has 0 saturated carbocycles. The van der Waals surface area contributed by atoms with E-state index in [-0.39, 0.29) is 94.5 Å². The van der Waals surface area contributed by atoms with Crippen molar-refractivity contribution in [1.29, 1.82) is 0 Å². The normalized spacial score (nSPS) is 35.0. The van der Waals surface area contributed by atoms with Gasteiger partial charge in [-0.05, 0) is 31.7 Å². The van der Waals surface area contributed by atoms with Crippen LogP contribution >= 0.6 is 7.82 Å². The number of aromatic nitrogens is 2. The summed E-state index contributed by atoms with van der Waals surface area (Å²) in [6.45, 7) is -2.11. The molecule has 29 nitrogen and oxygen atoms in total. The topological polar surface area (TPSA) is 484 Å². The van der Waals surface area contributed by atoms with Gasteiger partial charge in [-0.3, -0.25) is 19.1 Å². The Morgan fingerprint density at radius 2 is 1.45 bits per heavy atom. The fourth-order valence-corrected chi connectivity index (χ4v) is 7.73. The number of aliphatic carboxylic acids is 2. The molecule has 4 rings (SSSR count). The Kier molecular flexibility index (Phi) is 24.0. The Morgan fingerprint density at radius 1 is 0.938 bits per heavy atom. The second kappa shape index (κ2) is 25.1. The molecule has 3 fully saturated rings. The minimum Gasteiger partial charge on any atom is -0.862 e. The smallest absolute Gasteiger partial charge is 0.862 e. The Balaban J connectivity index is 0.00000683. The van der Waals surface area contributed by atoms with Gasteiger partial charge in [-0.15, -0.1) is 0 Å². The van der Waals surface area contributed by atoms with Crippen molar-refractivity contribution in [2.24, 2.45) is 9.98 Å². The van der Waals surface area contributed by atoms with Crippen molar-refractivity contribution in [2.45, 2.75) is 124 Å². The fourth-order valence-electron chi connectivity index (χ4n) is 6.77. The Bertz CT molecular complexity index is 1900. The zero-order chi connectivity index (χ0) is 45.9. The third-order valence-corrected chi connectivity index (χ3v) is 10.7. The Hall–Kier alpha value is -0.850. The van der Waals surface area contributed by atoms with E-state index >= 15 is 0 Å². The molecule has 3 saturated heterocycles. The van der Waals surface area contributed by atoms with Crippen LogP contribution in [0.1, 0.15) is 32.9 Å². The van der Waals surface area contributed by atoms with Gasteiger partial charge in [0.05, 0.1) is 32.0 Å². The van der Waals surface area contributed by atoms with Gasteiger partial charge in [-0.25, -0.2) is 18.7 Å². The largest absolute Gasteiger partial charge is 1.00 e. The standard InChI is InChI=1S/C31H48N5O24P.3Na/c1-10(39)33-18-12(41)5-30(27(48)49,58-24(18)20(44)14(43)7-37)57-15(8-38)22(46)25-19(34-11(2)40)13(42)6-31(59-25,28(50)51)60-61(53,54)55-9-16-21(45)23(47)26(56-16)36-4-3-17(32)35-29(36)52;;;/h3-4,12-16,18-26,37-38,41-47H,5-9H2,1-2H3,(H,33,39)(H,34,40)(H,48,49)(H,50,51)(H,53,54)(H2,32,35,52);;;/q;3*+1/p-3/t12-,13-,14+,15+,16+,18+,19+,20+,21+,22+,23+,24+,25+,26+,30+,31-;;;/m0.../s1. The molecule has 0 aromatic carbocycles. The molecule has 0 aliphatic carbocycles. The monoisotopic (exact) mass is 971 g/mol. The molecular formula is C31H45N5Na3O24P. The Labute approximate surface area is 427 Å². The number of aliphatic hydroxyl groups excluding tert-OH is 9. The molecule has 17 atom stereocenters. The minimum atomic E-state index is -5.83. The van der Waals surface area contributed by atoms with E-state index in [1.807, 2.05) is 0 Å². The van der Waals surface area contributed by atoms with Gasteiger partial charge in [0.2, 0.25) is 5.79 Å². The number of nitrogens with two attached hydrogens (primary N) is 1. The molecule has 4 heterocycles. The van der Waals surface area contributed by atoms with E-state index in [0.29, 0.717) is 0 Å². The predicted molar refractivity (Wildman–Crippen MR) is 186 cm³/mol. The maximum atomic E-state index is 13.3. The summed E-state index contributed by atoms with van der Waals surface area (Å²) < 4.78 is 45.3. The maximum Gasteiger partial charge on any atom is 1.00 e. The van der Waals surface area contributed by atoms with E-state index in [4.69, 9.17) is 33.7 Å². The van der Waals surface area contributed by atoms with E-state index in [9.17, 15) is 90.2 Å². The summed E-state index contributed by atoms with van der Waals surface area (Å²) in [6.07, 6.45) is -27.4. The molecular weight excluding hydrogens is 926 g/mol. The van der Waals surface area contributed by atoms with Crippen LogP contribution in [0.4, 0.5) is 5.82 Å². The summed E-state index contributed by atoms with van der Waals surface area (Å²) in [6, 6.07) is -2.74. The first-order valence-electron chi connectivity index (χ1n) is 17.9. The number of anilines is 1. The first kappa shape index (κ1) is 61.2. The van der Waals surface area contributed by atoms with Gasteiger partial charge in [0.1, 0.15) is 78.8 Å². The summed E-state index contributed by atoms with van der Waals surface area (Å²) in [5.74, 6) is -13.9. The average Bonchev–Trinajstić information content (AvgIpc) is 3.45. The van der Waals surface area contributed by atoms with Crippen LogP contribution < -0.4 is 115 Å². The third kappa shape index (κ3) is 14.1. The van der Waals surface area contributed by atoms with Crippen LogP contribution in [0.3, 0.4) is 0 Å². The SMILES string of the molecule is CC([O-])=N[C@H]1[C@H]([C@H](O)[C@H](O)CO)O[C@@](O[C@H](CO)[C@@H](O)[C@@H]2O[C@@](OP(=O)(O)OC[C@H]3O[C@@H](n4ccc(N)nc4=O)[C@H](O)[C@@H]3O)(C(=O)O)C[C@H](O)[C@H]2N=C(C)[O-])(C(=O)[O-])C[C@@H]1O.[Na+].[Na+].[Na+]. The van der Waals surface area contributed by atoms with Crippen molar-refractivity contribution in [3.05, 3.63) is 22.7 Å². The van der Waals surface area contributed by atoms with Crippen molar-refractivity contribution in [2.75, 3.05) is 25.6 Å². The number of nitrogens with zero attached hydrogens (tertiary/aromatic N) is 4. The molecule has 64 heavy (non-hydrogen) atoms. The number of phosphoric ester groups is 1. The molecule has 0 spiro atoms. The van der Waals surface area contributed by atoms with Crippen molar-refractivity contribution in [3.8, 4) is 0 Å². The third-order valence-electron chi connectivity index (χ3n) is 9.65. The van der Waals surface area contributed by atoms with Crippen LogP contribution in [-0.4, -0.2) is 200 Å². The molecule has 3 aliphatic rings. The van der Waals surface area contributed by atoms with Gasteiger partial charge in [0, 0.05) is 19.0 Å². The molecule has 13 N–H and O–H groups in total. The number of hydrogen-bond donors (Lipinski definition) is 12. The second-order valence-corrected chi connectivity index (χ2v) is 15.5. The zero-order valence-corrected chi connectivity index (χ0v) is 41.7. The van der Waals surface area contributed by atoms with Crippen molar-refractivity contribution in [3.63, 3.8) is 0 Å². The number of carboxylic acids is 2. The van der Waals surface area contributed by atoms with Gasteiger partial charge in [0.15, 0.2) is 6.23 Å². The van der Waals surface area contributed by atoms with Gasteiger partial charge in [-0.1, -0.05) is 0 Å². The molecule has 0 amide bonds. The number of aliphatic imine (C=N–C) groups is 2. The molecule has 0 bridgehead atoms. The van der Waals surface area contributed by atoms with Crippen molar-refractivity contribution in [1.82, 2.24) is 9.55 Å². The van der Waals surface area contributed by atoms with Crippen LogP contribution in [0.15, 0.2) is 27.0 Å². The fraction of sp³-hybridized carbons (Fsp3) is 0.742. The van der Waals surface area contributed by atoms with Crippen molar-refractivity contribution >= 4 is 37.4 Å². The summed E-state index contributed by atoms with van der Waals surface area (Å²) in [5, 5.41) is 142. The number of hydrogen-bond acceptors (Lipinski definition) is 26. The van der Waals surface area contributed by atoms with Gasteiger partial charge in [-0.2, -0.15) is 4.98 Å². The quantitative estimate of drug-likeness (QED) is 0.0281. The summed E-state index contributed by atoms with van der Waals surface area (Å²) in [7, 11) is -5.83. The van der Waals surface area contributed by atoms with Crippen LogP contribution in [0, 0.1) is 0 Å². The summed E-state index contributed by atoms with van der Waals surface area (Å²) in [4.78, 5) is 58.9. The number of nitrogen functional groups attached to an aromatic ring is 1. The second-order valence-electron chi connectivity index (χ2n) is 14.1. The molecule has 1 aromatic rings.